The molecular weight excluding hydrogens is 320 g/mol. The van der Waals surface area contributed by atoms with Crippen molar-refractivity contribution >= 4 is 17.6 Å². The van der Waals surface area contributed by atoms with Crippen molar-refractivity contribution in [2.75, 3.05) is 0 Å². The van der Waals surface area contributed by atoms with Gasteiger partial charge in [0.05, 0.1) is 5.56 Å². The second-order valence-electron chi connectivity index (χ2n) is 6.00. The van der Waals surface area contributed by atoms with Gasteiger partial charge < -0.3 is 5.11 Å². The van der Waals surface area contributed by atoms with Crippen LogP contribution in [0.3, 0.4) is 0 Å². The Balaban J connectivity index is 2.38. The van der Waals surface area contributed by atoms with Gasteiger partial charge in [0.15, 0.2) is 0 Å². The average Bonchev–Trinajstić information content (AvgIpc) is 2.59. The van der Waals surface area contributed by atoms with Gasteiger partial charge in [0.25, 0.3) is 0 Å². The van der Waals surface area contributed by atoms with E-state index in [1.807, 2.05) is 30.3 Å². The number of benzene rings is 2. The highest BCUT2D eigenvalue weighted by molar-refractivity contribution is 6.30. The maximum atomic E-state index is 11.1. The maximum Gasteiger partial charge on any atom is 0.335 e. The molecule has 2 aromatic carbocycles. The van der Waals surface area contributed by atoms with E-state index in [4.69, 9.17) is 16.7 Å². The lowest BCUT2D eigenvalue weighted by Crippen LogP contribution is -2.12. The summed E-state index contributed by atoms with van der Waals surface area (Å²) in [6, 6.07) is 15.2. The molecule has 2 unspecified atom stereocenters. The van der Waals surface area contributed by atoms with E-state index < -0.39 is 5.97 Å². The molecule has 24 heavy (non-hydrogen) atoms. The first kappa shape index (κ1) is 18.3. The molecule has 0 aliphatic carbocycles. The van der Waals surface area contributed by atoms with Crippen molar-refractivity contribution in [3.05, 3.63) is 82.9 Å². The molecule has 2 rings (SSSR count). The average molecular weight is 343 g/mol. The SMILES string of the molecule is C=CCC(c1ccc(Cl)cc1)C(CCC)c1ccc(C(=O)O)cc1. The van der Waals surface area contributed by atoms with Crippen LogP contribution in [0.5, 0.6) is 0 Å². The molecule has 0 aliphatic heterocycles. The minimum atomic E-state index is -0.895. The molecular formula is C21H23ClO2. The van der Waals surface area contributed by atoms with Crippen molar-refractivity contribution < 1.29 is 9.90 Å². The van der Waals surface area contributed by atoms with Crippen molar-refractivity contribution in [3.63, 3.8) is 0 Å². The minimum Gasteiger partial charge on any atom is -0.478 e. The normalized spacial score (nSPS) is 13.2. The molecule has 0 bridgehead atoms. The van der Waals surface area contributed by atoms with Gasteiger partial charge in [0, 0.05) is 5.02 Å². The first-order valence-electron chi connectivity index (χ1n) is 8.26. The Morgan fingerprint density at radius 3 is 2.12 bits per heavy atom. The zero-order chi connectivity index (χ0) is 17.5. The molecule has 0 spiro atoms. The van der Waals surface area contributed by atoms with Crippen molar-refractivity contribution in [1.82, 2.24) is 0 Å². The van der Waals surface area contributed by atoms with Crippen LogP contribution >= 0.6 is 11.6 Å². The Bertz CT molecular complexity index is 674. The van der Waals surface area contributed by atoms with Crippen molar-refractivity contribution in [2.24, 2.45) is 0 Å². The number of rotatable bonds is 8. The van der Waals surface area contributed by atoms with E-state index in [0.717, 1.165) is 24.3 Å². The second kappa shape index (κ2) is 8.70. The van der Waals surface area contributed by atoms with Crippen LogP contribution < -0.4 is 0 Å². The summed E-state index contributed by atoms with van der Waals surface area (Å²) in [5.74, 6) is -0.277. The third-order valence-electron chi connectivity index (χ3n) is 4.39. The Kier molecular flexibility index (Phi) is 6.62. The summed E-state index contributed by atoms with van der Waals surface area (Å²) in [4.78, 5) is 11.1. The highest BCUT2D eigenvalue weighted by Gasteiger charge is 2.23. The molecule has 0 saturated heterocycles. The lowest BCUT2D eigenvalue weighted by molar-refractivity contribution is 0.0697. The predicted molar refractivity (Wildman–Crippen MR) is 100 cm³/mol. The summed E-state index contributed by atoms with van der Waals surface area (Å²) in [7, 11) is 0. The Morgan fingerprint density at radius 2 is 1.62 bits per heavy atom. The molecule has 3 heteroatoms. The van der Waals surface area contributed by atoms with Gasteiger partial charge in [-0.1, -0.05) is 55.3 Å². The molecule has 126 valence electrons. The van der Waals surface area contributed by atoms with Gasteiger partial charge in [-0.2, -0.15) is 0 Å². The van der Waals surface area contributed by atoms with Crippen LogP contribution in [0, 0.1) is 0 Å². The van der Waals surface area contributed by atoms with Gasteiger partial charge in [-0.05, 0) is 60.1 Å². The standard InChI is InChI=1S/C21H23ClO2/c1-3-5-19(15-7-9-17(10-8-15)21(23)24)20(6-4-2)16-11-13-18(22)14-12-16/h4,7-14,19-20H,2-3,5-6H2,1H3,(H,23,24). The zero-order valence-corrected chi connectivity index (χ0v) is 14.7. The molecule has 0 saturated carbocycles. The second-order valence-corrected chi connectivity index (χ2v) is 6.44. The summed E-state index contributed by atoms with van der Waals surface area (Å²) in [5.41, 5.74) is 2.73. The van der Waals surface area contributed by atoms with Gasteiger partial charge in [-0.15, -0.1) is 6.58 Å². The fourth-order valence-electron chi connectivity index (χ4n) is 3.21. The third kappa shape index (κ3) is 4.48. The molecule has 0 fully saturated rings. The number of carboxylic acids is 1. The lowest BCUT2D eigenvalue weighted by Gasteiger charge is -2.27. The van der Waals surface area contributed by atoms with Gasteiger partial charge in [-0.3, -0.25) is 0 Å². The largest absolute Gasteiger partial charge is 0.478 e. The quantitative estimate of drug-likeness (QED) is 0.573. The van der Waals surface area contributed by atoms with Crippen LogP contribution in [0.25, 0.3) is 0 Å². The topological polar surface area (TPSA) is 37.3 Å². The summed E-state index contributed by atoms with van der Waals surface area (Å²) >= 11 is 6.02. The van der Waals surface area contributed by atoms with E-state index in [1.165, 1.54) is 11.1 Å². The van der Waals surface area contributed by atoms with Crippen LogP contribution in [0.1, 0.15) is 59.5 Å². The number of hydrogen-bond acceptors (Lipinski definition) is 1. The number of allylic oxidation sites excluding steroid dienone is 1. The summed E-state index contributed by atoms with van der Waals surface area (Å²) < 4.78 is 0. The van der Waals surface area contributed by atoms with Crippen LogP contribution in [0.4, 0.5) is 0 Å². The van der Waals surface area contributed by atoms with Crippen LogP contribution in [-0.4, -0.2) is 11.1 Å². The Hall–Kier alpha value is -2.06. The monoisotopic (exact) mass is 342 g/mol. The fraction of sp³-hybridized carbons (Fsp3) is 0.286. The van der Waals surface area contributed by atoms with E-state index in [1.54, 1.807) is 12.1 Å². The van der Waals surface area contributed by atoms with Crippen LogP contribution in [-0.2, 0) is 0 Å². The van der Waals surface area contributed by atoms with E-state index in [9.17, 15) is 4.79 Å². The van der Waals surface area contributed by atoms with Crippen LogP contribution in [0.15, 0.2) is 61.2 Å². The minimum absolute atomic E-state index is 0.301. The maximum absolute atomic E-state index is 11.1. The lowest BCUT2D eigenvalue weighted by atomic mass is 9.77. The number of carbonyl (C=O) groups is 1. The summed E-state index contributed by atoms with van der Waals surface area (Å²) in [6.45, 7) is 6.09. The van der Waals surface area contributed by atoms with Crippen LogP contribution in [0.2, 0.25) is 5.02 Å². The molecule has 0 aromatic heterocycles. The number of carboxylic acid groups (broad SMARTS) is 1. The van der Waals surface area contributed by atoms with Crippen molar-refractivity contribution in [3.8, 4) is 0 Å². The van der Waals surface area contributed by atoms with E-state index in [-0.39, 0.29) is 0 Å². The van der Waals surface area contributed by atoms with Crippen molar-refractivity contribution in [2.45, 2.75) is 38.0 Å². The highest BCUT2D eigenvalue weighted by Crippen LogP contribution is 2.39. The molecule has 2 nitrogen and oxygen atoms in total. The fourth-order valence-corrected chi connectivity index (χ4v) is 3.33. The molecule has 2 atom stereocenters. The predicted octanol–water partition coefficient (Wildman–Crippen LogP) is 6.28. The molecule has 0 radical (unpaired) electrons. The smallest absolute Gasteiger partial charge is 0.335 e. The molecule has 1 N–H and O–H groups in total. The number of hydrogen-bond donors (Lipinski definition) is 1. The molecule has 0 amide bonds. The van der Waals surface area contributed by atoms with Crippen molar-refractivity contribution in [1.29, 1.82) is 0 Å². The van der Waals surface area contributed by atoms with Gasteiger partial charge >= 0.3 is 5.97 Å². The molecule has 0 heterocycles. The highest BCUT2D eigenvalue weighted by atomic mass is 35.5. The molecule has 0 aliphatic rings. The van der Waals surface area contributed by atoms with E-state index in [2.05, 4.69) is 25.6 Å². The van der Waals surface area contributed by atoms with E-state index in [0.29, 0.717) is 17.4 Å². The third-order valence-corrected chi connectivity index (χ3v) is 4.64. The first-order valence-corrected chi connectivity index (χ1v) is 8.64. The van der Waals surface area contributed by atoms with Gasteiger partial charge in [0.2, 0.25) is 0 Å². The summed E-state index contributed by atoms with van der Waals surface area (Å²) in [6.07, 6.45) is 4.92. The Labute approximate surface area is 148 Å². The number of aromatic carboxylic acids is 1. The van der Waals surface area contributed by atoms with Gasteiger partial charge in [-0.25, -0.2) is 4.79 Å². The summed E-state index contributed by atoms with van der Waals surface area (Å²) in [5, 5.41) is 9.82. The zero-order valence-electron chi connectivity index (χ0n) is 13.9. The van der Waals surface area contributed by atoms with Gasteiger partial charge in [0.1, 0.15) is 0 Å². The van der Waals surface area contributed by atoms with E-state index >= 15 is 0 Å². The first-order chi connectivity index (χ1) is 11.6. The number of halogens is 1. The Morgan fingerprint density at radius 1 is 1.08 bits per heavy atom. The molecule has 2 aromatic rings.